The van der Waals surface area contributed by atoms with Crippen LogP contribution in [0.2, 0.25) is 0 Å². The Hall–Kier alpha value is -1.20. The second kappa shape index (κ2) is 3.89. The van der Waals surface area contributed by atoms with Gasteiger partial charge < -0.3 is 16.6 Å². The number of nitrogens with two attached hydrogens (primary N) is 2. The van der Waals surface area contributed by atoms with Crippen LogP contribution in [0.15, 0.2) is 12.1 Å². The minimum atomic E-state index is -1.09. The Labute approximate surface area is 80.3 Å². The van der Waals surface area contributed by atoms with Gasteiger partial charge in [-0.1, -0.05) is 0 Å². The highest BCUT2D eigenvalue weighted by molar-refractivity contribution is 5.42. The summed E-state index contributed by atoms with van der Waals surface area (Å²) in [6, 6.07) is 0.858. The summed E-state index contributed by atoms with van der Waals surface area (Å²) in [7, 11) is 0. The Balaban J connectivity index is 3.20. The molecule has 0 amide bonds. The second-order valence-electron chi connectivity index (χ2n) is 3.16. The topological polar surface area (TPSA) is 72.3 Å². The average molecular weight is 202 g/mol. The molecule has 5 N–H and O–H groups in total. The van der Waals surface area contributed by atoms with Crippen LogP contribution in [0.4, 0.5) is 14.5 Å². The van der Waals surface area contributed by atoms with Crippen LogP contribution >= 0.6 is 0 Å². The van der Waals surface area contributed by atoms with E-state index in [0.29, 0.717) is 0 Å². The number of hydrogen-bond acceptors (Lipinski definition) is 3. The molecule has 0 aromatic heterocycles. The van der Waals surface area contributed by atoms with E-state index in [1.165, 1.54) is 6.92 Å². The van der Waals surface area contributed by atoms with Gasteiger partial charge in [-0.2, -0.15) is 0 Å². The first kappa shape index (κ1) is 10.9. The monoisotopic (exact) mass is 202 g/mol. The summed E-state index contributed by atoms with van der Waals surface area (Å²) in [5, 5.41) is 9.10. The van der Waals surface area contributed by atoms with Gasteiger partial charge in [-0.05, 0) is 19.1 Å². The summed E-state index contributed by atoms with van der Waals surface area (Å²) in [6.45, 7) is 1.36. The van der Waals surface area contributed by atoms with Crippen LogP contribution < -0.4 is 11.5 Å². The molecule has 1 aromatic carbocycles. The lowest BCUT2D eigenvalue weighted by Crippen LogP contribution is -2.25. The summed E-state index contributed by atoms with van der Waals surface area (Å²) in [5.41, 5.74) is 10.3. The zero-order chi connectivity index (χ0) is 10.9. The zero-order valence-corrected chi connectivity index (χ0v) is 7.67. The van der Waals surface area contributed by atoms with Crippen molar-refractivity contribution >= 4 is 5.69 Å². The van der Waals surface area contributed by atoms with Crippen LogP contribution in [0, 0.1) is 11.6 Å². The number of aliphatic hydroxyl groups excluding tert-OH is 1. The van der Waals surface area contributed by atoms with Gasteiger partial charge in [0.15, 0.2) is 0 Å². The number of anilines is 1. The third kappa shape index (κ3) is 2.00. The molecule has 2 atom stereocenters. The first-order chi connectivity index (χ1) is 6.43. The molecule has 14 heavy (non-hydrogen) atoms. The predicted molar refractivity (Wildman–Crippen MR) is 49.4 cm³/mol. The summed E-state index contributed by atoms with van der Waals surface area (Å²) >= 11 is 0. The largest absolute Gasteiger partial charge is 0.399 e. The molecule has 1 rings (SSSR count). The molecule has 0 radical (unpaired) electrons. The fourth-order valence-electron chi connectivity index (χ4n) is 1.16. The maximum Gasteiger partial charge on any atom is 0.133 e. The Kier molecular flexibility index (Phi) is 3.03. The number of nitrogen functional groups attached to an aromatic ring is 1. The molecule has 0 saturated heterocycles. The lowest BCUT2D eigenvalue weighted by molar-refractivity contribution is 0.160. The SMILES string of the molecule is CC(O)C(N)c1c(F)cc(N)cc1F. The molecule has 3 nitrogen and oxygen atoms in total. The molecule has 0 saturated carbocycles. The molecule has 0 spiro atoms. The molecular formula is C9H12F2N2O. The number of aliphatic hydroxyl groups is 1. The fraction of sp³-hybridized carbons (Fsp3) is 0.333. The first-order valence-corrected chi connectivity index (χ1v) is 4.11. The average Bonchev–Trinajstić information content (AvgIpc) is 2.01. The van der Waals surface area contributed by atoms with Crippen molar-refractivity contribution in [1.82, 2.24) is 0 Å². The minimum Gasteiger partial charge on any atom is -0.399 e. The molecule has 78 valence electrons. The highest BCUT2D eigenvalue weighted by Crippen LogP contribution is 2.23. The molecule has 0 heterocycles. The van der Waals surface area contributed by atoms with Crippen molar-refractivity contribution in [3.8, 4) is 0 Å². The molecule has 0 aliphatic heterocycles. The molecular weight excluding hydrogens is 190 g/mol. The van der Waals surface area contributed by atoms with E-state index in [0.717, 1.165) is 12.1 Å². The van der Waals surface area contributed by atoms with E-state index in [1.807, 2.05) is 0 Å². The van der Waals surface area contributed by atoms with E-state index in [-0.39, 0.29) is 11.3 Å². The van der Waals surface area contributed by atoms with E-state index in [4.69, 9.17) is 16.6 Å². The zero-order valence-electron chi connectivity index (χ0n) is 7.67. The van der Waals surface area contributed by atoms with Crippen molar-refractivity contribution in [2.45, 2.75) is 19.1 Å². The van der Waals surface area contributed by atoms with Gasteiger partial charge in [0, 0.05) is 11.3 Å². The van der Waals surface area contributed by atoms with E-state index in [1.54, 1.807) is 0 Å². The van der Waals surface area contributed by atoms with Crippen molar-refractivity contribution < 1.29 is 13.9 Å². The van der Waals surface area contributed by atoms with E-state index in [9.17, 15) is 8.78 Å². The maximum atomic E-state index is 13.2. The van der Waals surface area contributed by atoms with Gasteiger partial charge in [-0.3, -0.25) is 0 Å². The lowest BCUT2D eigenvalue weighted by Gasteiger charge is -2.16. The van der Waals surface area contributed by atoms with Crippen molar-refractivity contribution in [3.05, 3.63) is 29.3 Å². The molecule has 0 aliphatic carbocycles. The fourth-order valence-corrected chi connectivity index (χ4v) is 1.16. The van der Waals surface area contributed by atoms with Crippen molar-refractivity contribution in [1.29, 1.82) is 0 Å². The van der Waals surface area contributed by atoms with Crippen LogP contribution in [0.1, 0.15) is 18.5 Å². The third-order valence-electron chi connectivity index (χ3n) is 1.95. The molecule has 5 heteroatoms. The summed E-state index contributed by atoms with van der Waals surface area (Å²) in [5.74, 6) is -1.67. The van der Waals surface area contributed by atoms with Crippen LogP contribution in [0.25, 0.3) is 0 Å². The van der Waals surface area contributed by atoms with Gasteiger partial charge in [-0.25, -0.2) is 8.78 Å². The van der Waals surface area contributed by atoms with E-state index in [2.05, 4.69) is 0 Å². The Bertz CT molecular complexity index is 319. The standard InChI is InChI=1S/C9H12F2N2O/c1-4(14)9(13)8-6(10)2-5(12)3-7(8)11/h2-4,9,14H,12-13H2,1H3. The Morgan fingerprint density at radius 3 is 2.07 bits per heavy atom. The second-order valence-corrected chi connectivity index (χ2v) is 3.16. The van der Waals surface area contributed by atoms with Crippen molar-refractivity contribution in [3.63, 3.8) is 0 Å². The quantitative estimate of drug-likeness (QED) is 0.624. The van der Waals surface area contributed by atoms with Gasteiger partial charge in [-0.15, -0.1) is 0 Å². The normalized spacial score (nSPS) is 15.2. The maximum absolute atomic E-state index is 13.2. The molecule has 1 aromatic rings. The number of rotatable bonds is 2. The van der Waals surface area contributed by atoms with Crippen LogP contribution in [-0.4, -0.2) is 11.2 Å². The van der Waals surface area contributed by atoms with Crippen LogP contribution in [0.5, 0.6) is 0 Å². The highest BCUT2D eigenvalue weighted by Gasteiger charge is 2.21. The highest BCUT2D eigenvalue weighted by atomic mass is 19.1. The lowest BCUT2D eigenvalue weighted by atomic mass is 10.0. The summed E-state index contributed by atoms with van der Waals surface area (Å²) in [6.07, 6.45) is -1.03. The predicted octanol–water partition coefficient (Wildman–Crippen LogP) is 0.928. The van der Waals surface area contributed by atoms with Crippen molar-refractivity contribution in [2.75, 3.05) is 5.73 Å². The van der Waals surface area contributed by atoms with Gasteiger partial charge in [0.2, 0.25) is 0 Å². The van der Waals surface area contributed by atoms with Gasteiger partial charge in [0.1, 0.15) is 11.6 Å². The molecule has 2 unspecified atom stereocenters. The van der Waals surface area contributed by atoms with E-state index < -0.39 is 23.8 Å². The van der Waals surface area contributed by atoms with Crippen LogP contribution in [0.3, 0.4) is 0 Å². The minimum absolute atomic E-state index is 0.0125. The molecule has 0 aliphatic rings. The number of halogens is 2. The Morgan fingerprint density at radius 2 is 1.71 bits per heavy atom. The Morgan fingerprint density at radius 1 is 1.29 bits per heavy atom. The van der Waals surface area contributed by atoms with Gasteiger partial charge in [0.05, 0.1) is 12.1 Å². The number of benzene rings is 1. The van der Waals surface area contributed by atoms with E-state index >= 15 is 0 Å². The summed E-state index contributed by atoms with van der Waals surface area (Å²) < 4.78 is 26.4. The first-order valence-electron chi connectivity index (χ1n) is 4.11. The smallest absolute Gasteiger partial charge is 0.133 e. The number of hydrogen-bond donors (Lipinski definition) is 3. The molecule has 0 fully saturated rings. The van der Waals surface area contributed by atoms with Crippen LogP contribution in [-0.2, 0) is 0 Å². The van der Waals surface area contributed by atoms with Gasteiger partial charge in [0.25, 0.3) is 0 Å². The molecule has 0 bridgehead atoms. The van der Waals surface area contributed by atoms with Crippen molar-refractivity contribution in [2.24, 2.45) is 5.73 Å². The third-order valence-corrected chi connectivity index (χ3v) is 1.95. The summed E-state index contributed by atoms with van der Waals surface area (Å²) in [4.78, 5) is 0. The van der Waals surface area contributed by atoms with Gasteiger partial charge >= 0.3 is 0 Å².